The lowest BCUT2D eigenvalue weighted by atomic mass is 10.1. The Morgan fingerprint density at radius 1 is 1.25 bits per heavy atom. The maximum absolute atomic E-state index is 13.6. The van der Waals surface area contributed by atoms with Gasteiger partial charge in [0.2, 0.25) is 5.91 Å². The van der Waals surface area contributed by atoms with Crippen molar-refractivity contribution in [1.82, 2.24) is 4.90 Å². The lowest BCUT2D eigenvalue weighted by Gasteiger charge is -2.25. The monoisotopic (exact) mass is 301 g/mol. The van der Waals surface area contributed by atoms with Gasteiger partial charge in [-0.25, -0.2) is 13.2 Å². The molecule has 0 spiro atoms. The molecule has 2 rings (SSSR count). The zero-order valence-corrected chi connectivity index (χ0v) is 11.8. The van der Waals surface area contributed by atoms with Crippen LogP contribution in [0.2, 0.25) is 0 Å². The summed E-state index contributed by atoms with van der Waals surface area (Å²) in [6, 6.07) is 0.892. The van der Waals surface area contributed by atoms with E-state index in [0.717, 1.165) is 36.6 Å². The van der Waals surface area contributed by atoms with Gasteiger partial charge >= 0.3 is 0 Å². The molecule has 108 valence electrons. The number of halogens is 3. The van der Waals surface area contributed by atoms with Crippen molar-refractivity contribution in [3.8, 4) is 0 Å². The van der Waals surface area contributed by atoms with Crippen molar-refractivity contribution in [1.29, 1.82) is 0 Å². The summed E-state index contributed by atoms with van der Waals surface area (Å²) in [5.74, 6) is -1.73. The lowest BCUT2D eigenvalue weighted by Crippen LogP contribution is -2.36. The Kier molecular flexibility index (Phi) is 4.75. The summed E-state index contributed by atoms with van der Waals surface area (Å²) in [7, 11) is 0. The fourth-order valence-electron chi connectivity index (χ4n) is 1.88. The minimum absolute atomic E-state index is 0.259. The highest BCUT2D eigenvalue weighted by molar-refractivity contribution is 7.99. The van der Waals surface area contributed by atoms with Gasteiger partial charge in [0.05, 0.1) is 0 Å². The van der Waals surface area contributed by atoms with E-state index in [1.54, 1.807) is 16.7 Å². The number of hydrogen-bond donors (Lipinski definition) is 0. The van der Waals surface area contributed by atoms with Crippen LogP contribution in [0.25, 0.3) is 6.08 Å². The molecule has 1 aliphatic rings. The summed E-state index contributed by atoms with van der Waals surface area (Å²) in [4.78, 5) is 13.5. The SMILES string of the molecule is Cc1c(F)cc(C=CC(=O)N2CCSCC2)c(F)c1F. The van der Waals surface area contributed by atoms with E-state index in [2.05, 4.69) is 0 Å². The molecule has 2 nitrogen and oxygen atoms in total. The molecular weight excluding hydrogens is 287 g/mol. The fourth-order valence-corrected chi connectivity index (χ4v) is 2.78. The van der Waals surface area contributed by atoms with Crippen molar-refractivity contribution in [3.63, 3.8) is 0 Å². The summed E-state index contributed by atoms with van der Waals surface area (Å²) in [5, 5.41) is 0. The molecule has 1 amide bonds. The van der Waals surface area contributed by atoms with E-state index in [9.17, 15) is 18.0 Å². The van der Waals surface area contributed by atoms with Crippen molar-refractivity contribution in [2.45, 2.75) is 6.92 Å². The average molecular weight is 301 g/mol. The summed E-state index contributed by atoms with van der Waals surface area (Å²) < 4.78 is 40.4. The average Bonchev–Trinajstić information content (AvgIpc) is 2.48. The van der Waals surface area contributed by atoms with Gasteiger partial charge in [-0.05, 0) is 19.1 Å². The number of thioether (sulfide) groups is 1. The Morgan fingerprint density at radius 2 is 1.90 bits per heavy atom. The van der Waals surface area contributed by atoms with Crippen molar-refractivity contribution in [3.05, 3.63) is 40.7 Å². The molecule has 0 radical (unpaired) electrons. The summed E-state index contributed by atoms with van der Waals surface area (Å²) in [5.41, 5.74) is -0.621. The predicted molar refractivity (Wildman–Crippen MR) is 74.0 cm³/mol. The van der Waals surface area contributed by atoms with Crippen molar-refractivity contribution in [2.75, 3.05) is 24.6 Å². The first-order chi connectivity index (χ1) is 9.50. The number of benzene rings is 1. The minimum atomic E-state index is -1.22. The van der Waals surface area contributed by atoms with Gasteiger partial charge in [-0.2, -0.15) is 11.8 Å². The Balaban J connectivity index is 2.17. The molecule has 1 aliphatic heterocycles. The fraction of sp³-hybridized carbons (Fsp3) is 0.357. The van der Waals surface area contributed by atoms with Crippen LogP contribution in [0.4, 0.5) is 13.2 Å². The molecule has 0 aliphatic carbocycles. The molecule has 0 N–H and O–H groups in total. The van der Waals surface area contributed by atoms with Crippen LogP contribution in [0.3, 0.4) is 0 Å². The van der Waals surface area contributed by atoms with Crippen molar-refractivity contribution >= 4 is 23.7 Å². The second-order valence-electron chi connectivity index (χ2n) is 4.47. The van der Waals surface area contributed by atoms with Crippen LogP contribution in [-0.2, 0) is 4.79 Å². The van der Waals surface area contributed by atoms with Gasteiger partial charge in [0.1, 0.15) is 5.82 Å². The number of nitrogens with zero attached hydrogens (tertiary/aromatic N) is 1. The van der Waals surface area contributed by atoms with Crippen LogP contribution >= 0.6 is 11.8 Å². The Bertz CT molecular complexity index is 554. The third-order valence-electron chi connectivity index (χ3n) is 3.14. The summed E-state index contributed by atoms with van der Waals surface area (Å²) in [6.45, 7) is 2.43. The van der Waals surface area contributed by atoms with Gasteiger partial charge in [0, 0.05) is 41.8 Å². The molecule has 0 bridgehead atoms. The number of rotatable bonds is 2. The van der Waals surface area contributed by atoms with Crippen LogP contribution in [-0.4, -0.2) is 35.4 Å². The summed E-state index contributed by atoms with van der Waals surface area (Å²) in [6.07, 6.45) is 2.27. The highest BCUT2D eigenvalue weighted by Gasteiger charge is 2.16. The van der Waals surface area contributed by atoms with Gasteiger partial charge < -0.3 is 4.90 Å². The number of hydrogen-bond acceptors (Lipinski definition) is 2. The van der Waals surface area contributed by atoms with Crippen molar-refractivity contribution in [2.24, 2.45) is 0 Å². The smallest absolute Gasteiger partial charge is 0.246 e. The Labute approximate surface area is 119 Å². The minimum Gasteiger partial charge on any atom is -0.338 e. The van der Waals surface area contributed by atoms with E-state index >= 15 is 0 Å². The quantitative estimate of drug-likeness (QED) is 0.618. The van der Waals surface area contributed by atoms with Crippen LogP contribution < -0.4 is 0 Å². The normalized spacial score (nSPS) is 15.9. The van der Waals surface area contributed by atoms with Crippen LogP contribution in [0.15, 0.2) is 12.1 Å². The molecule has 1 aromatic rings. The maximum Gasteiger partial charge on any atom is 0.246 e. The molecule has 1 saturated heterocycles. The zero-order chi connectivity index (χ0) is 14.7. The van der Waals surface area contributed by atoms with Crippen LogP contribution in [0.5, 0.6) is 0 Å². The molecule has 0 unspecified atom stereocenters. The first-order valence-electron chi connectivity index (χ1n) is 6.19. The molecular formula is C14H14F3NOS. The second kappa shape index (κ2) is 6.35. The molecule has 0 aromatic heterocycles. The summed E-state index contributed by atoms with van der Waals surface area (Å²) >= 11 is 1.76. The molecule has 0 atom stereocenters. The third-order valence-corrected chi connectivity index (χ3v) is 4.09. The van der Waals surface area contributed by atoms with E-state index in [1.165, 1.54) is 0 Å². The molecule has 1 fully saturated rings. The standard InChI is InChI=1S/C14H14F3NOS/c1-9-11(15)8-10(14(17)13(9)16)2-3-12(19)18-4-6-20-7-5-18/h2-3,8H,4-7H2,1H3. The van der Waals surface area contributed by atoms with E-state index in [-0.39, 0.29) is 17.0 Å². The molecule has 1 heterocycles. The van der Waals surface area contributed by atoms with Crippen LogP contribution in [0.1, 0.15) is 11.1 Å². The van der Waals surface area contributed by atoms with E-state index in [1.807, 2.05) is 0 Å². The van der Waals surface area contributed by atoms with Gasteiger partial charge in [-0.15, -0.1) is 0 Å². The first kappa shape index (κ1) is 15.0. The Morgan fingerprint density at radius 3 is 2.55 bits per heavy atom. The van der Waals surface area contributed by atoms with Crippen molar-refractivity contribution < 1.29 is 18.0 Å². The Hall–Kier alpha value is -1.43. The molecule has 20 heavy (non-hydrogen) atoms. The van der Waals surface area contributed by atoms with Gasteiger partial charge in [0.25, 0.3) is 0 Å². The predicted octanol–water partition coefficient (Wildman–Crippen LogP) is 3.00. The van der Waals surface area contributed by atoms with E-state index < -0.39 is 17.5 Å². The largest absolute Gasteiger partial charge is 0.338 e. The maximum atomic E-state index is 13.6. The van der Waals surface area contributed by atoms with Crippen LogP contribution in [0, 0.1) is 24.4 Å². The lowest BCUT2D eigenvalue weighted by molar-refractivity contribution is -0.125. The third kappa shape index (κ3) is 3.17. The number of carbonyl (C=O) groups is 1. The van der Waals surface area contributed by atoms with E-state index in [0.29, 0.717) is 13.1 Å². The topological polar surface area (TPSA) is 20.3 Å². The first-order valence-corrected chi connectivity index (χ1v) is 7.35. The van der Waals surface area contributed by atoms with Gasteiger partial charge in [-0.1, -0.05) is 0 Å². The second-order valence-corrected chi connectivity index (χ2v) is 5.70. The molecule has 1 aromatic carbocycles. The highest BCUT2D eigenvalue weighted by Crippen LogP contribution is 2.20. The zero-order valence-electron chi connectivity index (χ0n) is 11.0. The highest BCUT2D eigenvalue weighted by atomic mass is 32.2. The van der Waals surface area contributed by atoms with E-state index in [4.69, 9.17) is 0 Å². The molecule has 6 heteroatoms. The molecule has 0 saturated carbocycles. The van der Waals surface area contributed by atoms with Gasteiger partial charge in [0.15, 0.2) is 11.6 Å². The number of carbonyl (C=O) groups excluding carboxylic acids is 1. The number of amides is 1. The van der Waals surface area contributed by atoms with Gasteiger partial charge in [-0.3, -0.25) is 4.79 Å².